The number of methoxy groups -OCH3 is 2. The van der Waals surface area contributed by atoms with E-state index < -0.39 is 0 Å². The second-order valence-corrected chi connectivity index (χ2v) is 6.22. The van der Waals surface area contributed by atoms with Crippen LogP contribution >= 0.6 is 0 Å². The van der Waals surface area contributed by atoms with Crippen molar-refractivity contribution in [3.05, 3.63) is 17.7 Å². The van der Waals surface area contributed by atoms with E-state index in [1.165, 1.54) is 0 Å². The van der Waals surface area contributed by atoms with Gasteiger partial charge in [0.15, 0.2) is 11.9 Å². The zero-order valence-corrected chi connectivity index (χ0v) is 13.0. The maximum absolute atomic E-state index is 12.3. The van der Waals surface area contributed by atoms with Crippen LogP contribution in [-0.4, -0.2) is 26.1 Å². The lowest BCUT2D eigenvalue weighted by Gasteiger charge is -2.34. The number of hydrogen-bond acceptors (Lipinski definition) is 4. The summed E-state index contributed by atoms with van der Waals surface area (Å²) in [6.07, 6.45) is 1.18. The summed E-state index contributed by atoms with van der Waals surface area (Å²) in [7, 11) is 3.27. The summed E-state index contributed by atoms with van der Waals surface area (Å²) >= 11 is 0. The van der Waals surface area contributed by atoms with Gasteiger partial charge in [0.25, 0.3) is 0 Å². The van der Waals surface area contributed by atoms with E-state index in [9.17, 15) is 4.79 Å². The van der Waals surface area contributed by atoms with E-state index in [0.717, 1.165) is 23.5 Å². The van der Waals surface area contributed by atoms with Crippen LogP contribution in [0.1, 0.15) is 38.2 Å². The van der Waals surface area contributed by atoms with Crippen LogP contribution in [0, 0.1) is 11.8 Å². The summed E-state index contributed by atoms with van der Waals surface area (Å²) < 4.78 is 16.8. The minimum Gasteiger partial charge on any atom is -0.496 e. The van der Waals surface area contributed by atoms with Gasteiger partial charge >= 0.3 is 0 Å². The van der Waals surface area contributed by atoms with Gasteiger partial charge in [0, 0.05) is 30.0 Å². The summed E-state index contributed by atoms with van der Waals surface area (Å²) in [5.74, 6) is 3.44. The van der Waals surface area contributed by atoms with E-state index in [-0.39, 0.29) is 17.8 Å². The fourth-order valence-corrected chi connectivity index (χ4v) is 3.73. The summed E-state index contributed by atoms with van der Waals surface area (Å²) in [6, 6.07) is 3.74. The fraction of sp³-hybridized carbons (Fsp3) is 0.588. The topological polar surface area (TPSA) is 44.8 Å². The smallest absolute Gasteiger partial charge is 0.173 e. The molecule has 0 radical (unpaired) electrons. The predicted molar refractivity (Wildman–Crippen MR) is 79.3 cm³/mol. The first kappa shape index (κ1) is 14.2. The standard InChI is InChI=1S/C17H22O4/c1-9(2)11-5-6-12(18)17-15(11)16-13(20-4)7-10(19-3)8-14(16)21-17/h7-9,11,15,17H,5-6H2,1-4H3/t11-,15+,17+/m0/s1. The first-order valence-electron chi connectivity index (χ1n) is 7.52. The summed E-state index contributed by atoms with van der Waals surface area (Å²) in [5.41, 5.74) is 1.04. The minimum atomic E-state index is -0.359. The van der Waals surface area contributed by atoms with Crippen molar-refractivity contribution in [2.24, 2.45) is 11.8 Å². The second kappa shape index (κ2) is 5.24. The zero-order chi connectivity index (χ0) is 15.1. The van der Waals surface area contributed by atoms with Gasteiger partial charge in [-0.1, -0.05) is 13.8 Å². The van der Waals surface area contributed by atoms with Crippen LogP contribution in [0.3, 0.4) is 0 Å². The van der Waals surface area contributed by atoms with Crippen LogP contribution in [0.25, 0.3) is 0 Å². The van der Waals surface area contributed by atoms with E-state index in [0.29, 0.717) is 24.0 Å². The molecular formula is C17H22O4. The Labute approximate surface area is 125 Å². The summed E-state index contributed by atoms with van der Waals surface area (Å²) in [4.78, 5) is 12.3. The van der Waals surface area contributed by atoms with Crippen LogP contribution < -0.4 is 14.2 Å². The Morgan fingerprint density at radius 3 is 2.62 bits per heavy atom. The Balaban J connectivity index is 2.11. The SMILES string of the molecule is COc1cc(OC)c2c(c1)O[C@@H]1C(=O)CC[C@@H](C(C)C)[C@H]21. The minimum absolute atomic E-state index is 0.0992. The number of carbonyl (C=O) groups is 1. The van der Waals surface area contributed by atoms with Gasteiger partial charge in [0.05, 0.1) is 14.2 Å². The average Bonchev–Trinajstić information content (AvgIpc) is 2.86. The lowest BCUT2D eigenvalue weighted by molar-refractivity contribution is -0.129. The van der Waals surface area contributed by atoms with Crippen molar-refractivity contribution in [3.63, 3.8) is 0 Å². The highest BCUT2D eigenvalue weighted by molar-refractivity contribution is 5.87. The lowest BCUT2D eigenvalue weighted by atomic mass is 9.69. The van der Waals surface area contributed by atoms with E-state index in [4.69, 9.17) is 14.2 Å². The highest BCUT2D eigenvalue weighted by Gasteiger charge is 2.49. The molecule has 0 saturated heterocycles. The number of rotatable bonds is 3. The van der Waals surface area contributed by atoms with Gasteiger partial charge in [-0.05, 0) is 18.3 Å². The lowest BCUT2D eigenvalue weighted by Crippen LogP contribution is -2.39. The van der Waals surface area contributed by atoms with Crippen molar-refractivity contribution in [2.75, 3.05) is 14.2 Å². The van der Waals surface area contributed by atoms with Gasteiger partial charge < -0.3 is 14.2 Å². The van der Waals surface area contributed by atoms with Gasteiger partial charge in [-0.25, -0.2) is 0 Å². The Kier molecular flexibility index (Phi) is 3.56. The summed E-state index contributed by atoms with van der Waals surface area (Å²) in [6.45, 7) is 4.43. The molecule has 0 aromatic heterocycles. The molecule has 1 saturated carbocycles. The van der Waals surface area contributed by atoms with E-state index in [1.54, 1.807) is 14.2 Å². The molecular weight excluding hydrogens is 268 g/mol. The molecule has 21 heavy (non-hydrogen) atoms. The molecule has 0 bridgehead atoms. The number of hydrogen-bond donors (Lipinski definition) is 0. The molecule has 3 atom stereocenters. The van der Waals surface area contributed by atoms with Crippen molar-refractivity contribution in [1.29, 1.82) is 0 Å². The van der Waals surface area contributed by atoms with Gasteiger partial charge in [-0.15, -0.1) is 0 Å². The molecule has 1 fully saturated rings. The number of Topliss-reactive ketones (excluding diaryl/α,β-unsaturated/α-hetero) is 1. The quantitative estimate of drug-likeness (QED) is 0.857. The third-order valence-corrected chi connectivity index (χ3v) is 4.81. The second-order valence-electron chi connectivity index (χ2n) is 6.22. The first-order chi connectivity index (χ1) is 10.1. The molecule has 1 aliphatic heterocycles. The van der Waals surface area contributed by atoms with Crippen molar-refractivity contribution in [3.8, 4) is 17.2 Å². The van der Waals surface area contributed by atoms with Crippen LogP contribution in [0.2, 0.25) is 0 Å². The van der Waals surface area contributed by atoms with Crippen LogP contribution in [0.15, 0.2) is 12.1 Å². The first-order valence-corrected chi connectivity index (χ1v) is 7.52. The molecule has 114 valence electrons. The largest absolute Gasteiger partial charge is 0.496 e. The van der Waals surface area contributed by atoms with Crippen molar-refractivity contribution in [1.82, 2.24) is 0 Å². The number of ketones is 1. The Hall–Kier alpha value is -1.71. The molecule has 1 aromatic rings. The third-order valence-electron chi connectivity index (χ3n) is 4.81. The van der Waals surface area contributed by atoms with Gasteiger partial charge in [0.1, 0.15) is 17.2 Å². The van der Waals surface area contributed by atoms with E-state index in [2.05, 4.69) is 13.8 Å². The number of ether oxygens (including phenoxy) is 3. The highest BCUT2D eigenvalue weighted by atomic mass is 16.5. The molecule has 0 unspecified atom stereocenters. The fourth-order valence-electron chi connectivity index (χ4n) is 3.73. The Morgan fingerprint density at radius 2 is 2.00 bits per heavy atom. The average molecular weight is 290 g/mol. The van der Waals surface area contributed by atoms with Crippen LogP contribution in [0.4, 0.5) is 0 Å². The molecule has 4 nitrogen and oxygen atoms in total. The van der Waals surface area contributed by atoms with Gasteiger partial charge in [-0.3, -0.25) is 4.79 Å². The maximum Gasteiger partial charge on any atom is 0.173 e. The molecule has 1 heterocycles. The summed E-state index contributed by atoms with van der Waals surface area (Å²) in [5, 5.41) is 0. The maximum atomic E-state index is 12.3. The van der Waals surface area contributed by atoms with Crippen molar-refractivity contribution in [2.45, 2.75) is 38.7 Å². The third kappa shape index (κ3) is 2.17. The Morgan fingerprint density at radius 1 is 1.24 bits per heavy atom. The highest BCUT2D eigenvalue weighted by Crippen LogP contribution is 2.54. The predicted octanol–water partition coefficient (Wildman–Crippen LogP) is 3.18. The number of fused-ring (bicyclic) bond motifs is 3. The molecule has 0 amide bonds. The van der Waals surface area contributed by atoms with Gasteiger partial charge in [0.2, 0.25) is 0 Å². The molecule has 2 aliphatic rings. The van der Waals surface area contributed by atoms with E-state index >= 15 is 0 Å². The molecule has 3 rings (SSSR count). The van der Waals surface area contributed by atoms with E-state index in [1.807, 2.05) is 12.1 Å². The Bertz CT molecular complexity index is 564. The van der Waals surface area contributed by atoms with Crippen molar-refractivity contribution < 1.29 is 19.0 Å². The normalized spacial score (nSPS) is 27.1. The molecule has 4 heteroatoms. The molecule has 0 N–H and O–H groups in total. The zero-order valence-electron chi connectivity index (χ0n) is 13.0. The van der Waals surface area contributed by atoms with Crippen LogP contribution in [-0.2, 0) is 4.79 Å². The molecule has 0 spiro atoms. The molecule has 1 aliphatic carbocycles. The molecule has 1 aromatic carbocycles. The monoisotopic (exact) mass is 290 g/mol. The van der Waals surface area contributed by atoms with Crippen molar-refractivity contribution >= 4 is 5.78 Å². The van der Waals surface area contributed by atoms with Crippen LogP contribution in [0.5, 0.6) is 17.2 Å². The number of carbonyl (C=O) groups excluding carboxylic acids is 1. The van der Waals surface area contributed by atoms with Gasteiger partial charge in [-0.2, -0.15) is 0 Å². The number of benzene rings is 1.